The molecule has 2 bridgehead atoms. The maximum absolute atomic E-state index is 8.76. The highest BCUT2D eigenvalue weighted by Gasteiger charge is 2.51. The van der Waals surface area contributed by atoms with Gasteiger partial charge in [0.25, 0.3) is 0 Å². The maximum atomic E-state index is 8.76. The molecule has 17 heavy (non-hydrogen) atoms. The number of nitriles is 1. The minimum Gasteiger partial charge on any atom is -0.323 e. The first-order chi connectivity index (χ1) is 8.16. The number of rotatable bonds is 1. The summed E-state index contributed by atoms with van der Waals surface area (Å²) >= 11 is 0. The normalized spacial score (nSPS) is 35.5. The van der Waals surface area contributed by atoms with Gasteiger partial charge in [0.1, 0.15) is 0 Å². The Morgan fingerprint density at radius 1 is 1.06 bits per heavy atom. The summed E-state index contributed by atoms with van der Waals surface area (Å²) in [4.78, 5) is 0. The molecule has 3 aliphatic rings. The van der Waals surface area contributed by atoms with E-state index in [2.05, 4.69) is 13.0 Å². The van der Waals surface area contributed by atoms with Crippen LogP contribution in [-0.2, 0) is 20.2 Å². The lowest BCUT2D eigenvalue weighted by Gasteiger charge is -2.50. The highest BCUT2D eigenvalue weighted by atomic mass is 16.9. The number of fused-ring (bicyclic) bond motifs is 3. The van der Waals surface area contributed by atoms with Crippen LogP contribution in [-0.4, -0.2) is 19.8 Å². The Balaban J connectivity index is 1.91. The van der Waals surface area contributed by atoms with Crippen molar-refractivity contribution >= 4 is 0 Å². The molecule has 4 heteroatoms. The van der Waals surface area contributed by atoms with E-state index in [1.54, 1.807) is 12.1 Å². The Bertz CT molecular complexity index is 450. The van der Waals surface area contributed by atoms with E-state index in [0.29, 0.717) is 25.4 Å². The van der Waals surface area contributed by atoms with Crippen molar-refractivity contribution in [3.8, 4) is 6.07 Å². The van der Waals surface area contributed by atoms with Crippen LogP contribution >= 0.6 is 0 Å². The molecule has 0 aliphatic carbocycles. The van der Waals surface area contributed by atoms with Gasteiger partial charge in [0.2, 0.25) is 0 Å². The molecule has 0 aromatic heterocycles. The van der Waals surface area contributed by atoms with Gasteiger partial charge in [0.15, 0.2) is 0 Å². The average Bonchev–Trinajstić information content (AvgIpc) is 2.40. The summed E-state index contributed by atoms with van der Waals surface area (Å²) in [6.07, 6.45) is 0. The molecule has 1 aromatic rings. The van der Waals surface area contributed by atoms with Gasteiger partial charge in [-0.05, 0) is 24.3 Å². The molecule has 0 radical (unpaired) electrons. The summed E-state index contributed by atoms with van der Waals surface area (Å²) in [6.45, 7) is 3.97. The zero-order valence-corrected chi connectivity index (χ0v) is 9.60. The Labute approximate surface area is 99.7 Å². The lowest BCUT2D eigenvalue weighted by Crippen LogP contribution is -2.57. The molecule has 1 aromatic carbocycles. The molecule has 0 atom stereocenters. The van der Waals surface area contributed by atoms with Crippen LogP contribution in [0.2, 0.25) is 0 Å². The summed E-state index contributed by atoms with van der Waals surface area (Å²) in [5.41, 5.74) is 1.38. The second kappa shape index (κ2) is 3.54. The number of nitrogens with zero attached hydrogens (tertiary/aromatic N) is 1. The van der Waals surface area contributed by atoms with Crippen molar-refractivity contribution in [2.24, 2.45) is 5.41 Å². The SMILES string of the molecule is CC12COC(c3ccc(C#N)cc3)(OC1)OC2. The van der Waals surface area contributed by atoms with Gasteiger partial charge in [-0.25, -0.2) is 0 Å². The van der Waals surface area contributed by atoms with Crippen molar-refractivity contribution in [3.05, 3.63) is 35.4 Å². The highest BCUT2D eigenvalue weighted by Crippen LogP contribution is 2.43. The van der Waals surface area contributed by atoms with Crippen molar-refractivity contribution in [3.63, 3.8) is 0 Å². The Kier molecular flexibility index (Phi) is 2.23. The van der Waals surface area contributed by atoms with E-state index >= 15 is 0 Å². The quantitative estimate of drug-likeness (QED) is 0.739. The van der Waals surface area contributed by atoms with Crippen LogP contribution < -0.4 is 0 Å². The number of ether oxygens (including phenoxy) is 3. The summed E-state index contributed by atoms with van der Waals surface area (Å²) in [5, 5.41) is 8.76. The van der Waals surface area contributed by atoms with Gasteiger partial charge in [-0.3, -0.25) is 0 Å². The van der Waals surface area contributed by atoms with Gasteiger partial charge < -0.3 is 14.2 Å². The molecule has 0 amide bonds. The first kappa shape index (κ1) is 10.7. The summed E-state index contributed by atoms with van der Waals surface area (Å²) in [6, 6.07) is 9.18. The number of hydrogen-bond acceptors (Lipinski definition) is 4. The van der Waals surface area contributed by atoms with E-state index in [-0.39, 0.29) is 5.41 Å². The van der Waals surface area contributed by atoms with Crippen LogP contribution in [0.1, 0.15) is 18.1 Å². The largest absolute Gasteiger partial charge is 0.323 e. The molecular formula is C13H13NO3. The third-order valence-corrected chi connectivity index (χ3v) is 3.20. The summed E-state index contributed by atoms with van der Waals surface area (Å²) in [5.74, 6) is -1.06. The number of benzene rings is 1. The predicted octanol–water partition coefficient (Wildman–Crippen LogP) is 1.75. The average molecular weight is 231 g/mol. The summed E-state index contributed by atoms with van der Waals surface area (Å²) < 4.78 is 17.1. The van der Waals surface area contributed by atoms with Crippen LogP contribution in [0.25, 0.3) is 0 Å². The van der Waals surface area contributed by atoms with Crippen LogP contribution in [0.5, 0.6) is 0 Å². The molecule has 88 valence electrons. The first-order valence-corrected chi connectivity index (χ1v) is 5.58. The fraction of sp³-hybridized carbons (Fsp3) is 0.462. The lowest BCUT2D eigenvalue weighted by atomic mass is 9.91. The van der Waals surface area contributed by atoms with Gasteiger partial charge in [0.05, 0.1) is 31.5 Å². The van der Waals surface area contributed by atoms with Crippen molar-refractivity contribution in [2.75, 3.05) is 19.8 Å². The Morgan fingerprint density at radius 2 is 1.59 bits per heavy atom. The highest BCUT2D eigenvalue weighted by molar-refractivity contribution is 5.33. The maximum Gasteiger partial charge on any atom is 0.312 e. The lowest BCUT2D eigenvalue weighted by molar-refractivity contribution is -0.477. The molecular weight excluding hydrogens is 218 g/mol. The molecule has 0 N–H and O–H groups in total. The van der Waals surface area contributed by atoms with Crippen LogP contribution in [0.4, 0.5) is 0 Å². The van der Waals surface area contributed by atoms with Crippen molar-refractivity contribution in [2.45, 2.75) is 12.9 Å². The van der Waals surface area contributed by atoms with Crippen LogP contribution in [0.15, 0.2) is 24.3 Å². The van der Waals surface area contributed by atoms with E-state index in [1.165, 1.54) is 0 Å². The predicted molar refractivity (Wildman–Crippen MR) is 58.8 cm³/mol. The monoisotopic (exact) mass is 231 g/mol. The minimum absolute atomic E-state index is 0.0334. The fourth-order valence-electron chi connectivity index (χ4n) is 2.06. The van der Waals surface area contributed by atoms with Crippen molar-refractivity contribution in [1.82, 2.24) is 0 Å². The zero-order valence-electron chi connectivity index (χ0n) is 9.60. The van der Waals surface area contributed by atoms with Gasteiger partial charge in [-0.15, -0.1) is 0 Å². The second-order valence-electron chi connectivity index (χ2n) is 4.92. The first-order valence-electron chi connectivity index (χ1n) is 5.58. The molecule has 3 heterocycles. The van der Waals surface area contributed by atoms with Gasteiger partial charge >= 0.3 is 5.97 Å². The Hall–Kier alpha value is -1.41. The smallest absolute Gasteiger partial charge is 0.312 e. The molecule has 0 unspecified atom stereocenters. The molecule has 0 spiro atoms. The molecule has 3 aliphatic heterocycles. The standard InChI is InChI=1S/C13H13NO3/c1-12-7-15-13(16-8-12,17-9-12)11-4-2-10(6-14)3-5-11/h2-5H,7-9H2,1H3. The molecule has 3 fully saturated rings. The molecule has 4 rings (SSSR count). The van der Waals surface area contributed by atoms with Gasteiger partial charge in [0, 0.05) is 11.0 Å². The second-order valence-corrected chi connectivity index (χ2v) is 4.92. The van der Waals surface area contributed by atoms with Gasteiger partial charge in [-0.1, -0.05) is 6.92 Å². The molecule has 3 saturated heterocycles. The van der Waals surface area contributed by atoms with E-state index in [9.17, 15) is 0 Å². The summed E-state index contributed by atoms with van der Waals surface area (Å²) in [7, 11) is 0. The number of hydrogen-bond donors (Lipinski definition) is 0. The van der Waals surface area contributed by atoms with E-state index in [0.717, 1.165) is 5.56 Å². The zero-order chi connectivity index (χ0) is 11.9. The minimum atomic E-state index is -1.06. The Morgan fingerprint density at radius 3 is 2.06 bits per heavy atom. The van der Waals surface area contributed by atoms with Crippen molar-refractivity contribution < 1.29 is 14.2 Å². The fourth-order valence-corrected chi connectivity index (χ4v) is 2.06. The third-order valence-electron chi connectivity index (χ3n) is 3.20. The van der Waals surface area contributed by atoms with E-state index in [4.69, 9.17) is 19.5 Å². The molecule has 4 nitrogen and oxygen atoms in total. The van der Waals surface area contributed by atoms with Crippen LogP contribution in [0.3, 0.4) is 0 Å². The van der Waals surface area contributed by atoms with Crippen molar-refractivity contribution in [1.29, 1.82) is 5.26 Å². The van der Waals surface area contributed by atoms with E-state index in [1.807, 2.05) is 12.1 Å². The topological polar surface area (TPSA) is 51.5 Å². The van der Waals surface area contributed by atoms with E-state index < -0.39 is 5.97 Å². The third kappa shape index (κ3) is 1.64. The van der Waals surface area contributed by atoms with Crippen LogP contribution in [0, 0.1) is 16.7 Å². The van der Waals surface area contributed by atoms with Gasteiger partial charge in [-0.2, -0.15) is 5.26 Å². The molecule has 0 saturated carbocycles.